The summed E-state index contributed by atoms with van der Waals surface area (Å²) in [6.07, 6.45) is 2.45. The van der Waals surface area contributed by atoms with Gasteiger partial charge in [0.05, 0.1) is 0 Å². The molecule has 2 aromatic rings. The Hall–Kier alpha value is -3.68. The summed E-state index contributed by atoms with van der Waals surface area (Å²) in [5.41, 5.74) is 0.753. The number of carbonyl (C=O) groups is 4. The molecule has 0 aromatic heterocycles. The largest absolute Gasteiger partial charge is 0.325 e. The van der Waals surface area contributed by atoms with Gasteiger partial charge in [0.15, 0.2) is 0 Å². The van der Waals surface area contributed by atoms with Crippen LogP contribution >= 0.6 is 0 Å². The maximum atomic E-state index is 13.3. The van der Waals surface area contributed by atoms with Crippen LogP contribution in [0, 0.1) is 0 Å². The second-order valence-corrected chi connectivity index (χ2v) is 8.09. The van der Waals surface area contributed by atoms with Crippen molar-refractivity contribution in [3.05, 3.63) is 60.2 Å². The van der Waals surface area contributed by atoms with Crippen molar-refractivity contribution in [2.24, 2.45) is 0 Å². The van der Waals surface area contributed by atoms with Gasteiger partial charge in [0.1, 0.15) is 12.1 Å². The maximum Gasteiger partial charge on any atom is 0.325 e. The summed E-state index contributed by atoms with van der Waals surface area (Å²) in [6, 6.07) is 15.5. The molecule has 1 unspecified atom stereocenters. The zero-order valence-electron chi connectivity index (χ0n) is 18.0. The number of hydrogen-bond acceptors (Lipinski definition) is 4. The van der Waals surface area contributed by atoms with E-state index in [0.717, 1.165) is 11.3 Å². The summed E-state index contributed by atoms with van der Waals surface area (Å²) in [5.74, 6) is -0.859. The fourth-order valence-electron chi connectivity index (χ4n) is 4.39. The van der Waals surface area contributed by atoms with Gasteiger partial charge >= 0.3 is 6.03 Å². The normalized spacial score (nSPS) is 20.6. The monoisotopic (exact) mass is 434 g/mol. The molecule has 2 aliphatic rings. The lowest BCUT2D eigenvalue weighted by atomic mass is 9.85. The van der Waals surface area contributed by atoms with Gasteiger partial charge in [-0.1, -0.05) is 49.7 Å². The Balaban J connectivity index is 1.48. The van der Waals surface area contributed by atoms with E-state index in [2.05, 4.69) is 10.6 Å². The predicted octanol–water partition coefficient (Wildman–Crippen LogP) is 3.00. The third kappa shape index (κ3) is 3.95. The molecule has 0 aliphatic carbocycles. The van der Waals surface area contributed by atoms with Gasteiger partial charge in [-0.2, -0.15) is 0 Å². The molecule has 4 rings (SSSR count). The first kappa shape index (κ1) is 21.5. The second-order valence-electron chi connectivity index (χ2n) is 8.09. The lowest BCUT2D eigenvalue weighted by Crippen LogP contribution is -2.44. The molecule has 8 nitrogen and oxygen atoms in total. The Morgan fingerprint density at radius 1 is 1.09 bits per heavy atom. The Kier molecular flexibility index (Phi) is 5.94. The molecule has 1 atom stereocenters. The standard InChI is InChI=1S/C24H26N4O4/c1-2-13-24(17-8-4-3-5-9-17)22(31)28(23(32)26-24)16-20(29)25-18-10-6-11-19(15-18)27-14-7-12-21(27)30/h3-6,8-11,15H,2,7,12-14,16H2,1H3,(H,25,29)(H,26,32). The average molecular weight is 434 g/mol. The number of urea groups is 1. The van der Waals surface area contributed by atoms with E-state index in [1.165, 1.54) is 0 Å². The first-order chi connectivity index (χ1) is 15.4. The first-order valence-electron chi connectivity index (χ1n) is 10.8. The molecular formula is C24H26N4O4. The smallest absolute Gasteiger partial charge is 0.324 e. The summed E-state index contributed by atoms with van der Waals surface area (Å²) < 4.78 is 0. The van der Waals surface area contributed by atoms with Gasteiger partial charge in [-0.15, -0.1) is 0 Å². The van der Waals surface area contributed by atoms with Crippen LogP contribution in [0.15, 0.2) is 54.6 Å². The Labute approximate surface area is 186 Å². The molecule has 2 heterocycles. The molecule has 8 heteroatoms. The van der Waals surface area contributed by atoms with E-state index in [9.17, 15) is 19.2 Å². The van der Waals surface area contributed by atoms with Crippen molar-refractivity contribution < 1.29 is 19.2 Å². The lowest BCUT2D eigenvalue weighted by Gasteiger charge is -2.26. The highest BCUT2D eigenvalue weighted by Crippen LogP contribution is 2.33. The van der Waals surface area contributed by atoms with Crippen LogP contribution in [0.4, 0.5) is 16.2 Å². The number of carbonyl (C=O) groups excluding carboxylic acids is 4. The van der Waals surface area contributed by atoms with Crippen molar-refractivity contribution in [1.29, 1.82) is 0 Å². The van der Waals surface area contributed by atoms with Crippen LogP contribution in [0.25, 0.3) is 0 Å². The topological polar surface area (TPSA) is 98.8 Å². The highest BCUT2D eigenvalue weighted by Gasteiger charge is 2.52. The zero-order valence-corrected chi connectivity index (χ0v) is 18.0. The van der Waals surface area contributed by atoms with E-state index >= 15 is 0 Å². The van der Waals surface area contributed by atoms with Crippen LogP contribution in [-0.4, -0.2) is 41.7 Å². The summed E-state index contributed by atoms with van der Waals surface area (Å²) in [6.45, 7) is 2.20. The summed E-state index contributed by atoms with van der Waals surface area (Å²) in [4.78, 5) is 53.3. The van der Waals surface area contributed by atoms with Crippen LogP contribution in [0.3, 0.4) is 0 Å². The quantitative estimate of drug-likeness (QED) is 0.655. The number of rotatable bonds is 7. The Morgan fingerprint density at radius 2 is 1.88 bits per heavy atom. The minimum absolute atomic E-state index is 0.0565. The average Bonchev–Trinajstić information content (AvgIpc) is 3.32. The molecule has 2 fully saturated rings. The molecular weight excluding hydrogens is 408 g/mol. The Morgan fingerprint density at radius 3 is 2.56 bits per heavy atom. The first-order valence-corrected chi connectivity index (χ1v) is 10.8. The van der Waals surface area contributed by atoms with Crippen molar-refractivity contribution >= 4 is 35.1 Å². The number of benzene rings is 2. The highest BCUT2D eigenvalue weighted by molar-refractivity contribution is 6.10. The highest BCUT2D eigenvalue weighted by atomic mass is 16.2. The minimum atomic E-state index is -1.16. The van der Waals surface area contributed by atoms with Crippen molar-refractivity contribution in [2.75, 3.05) is 23.3 Å². The van der Waals surface area contributed by atoms with Crippen molar-refractivity contribution in [3.8, 4) is 0 Å². The summed E-state index contributed by atoms with van der Waals surface area (Å²) in [7, 11) is 0. The molecule has 2 saturated heterocycles. The van der Waals surface area contributed by atoms with Crippen molar-refractivity contribution in [1.82, 2.24) is 10.2 Å². The van der Waals surface area contributed by atoms with Crippen LogP contribution in [-0.2, 0) is 19.9 Å². The van der Waals surface area contributed by atoms with E-state index in [0.29, 0.717) is 42.7 Å². The lowest BCUT2D eigenvalue weighted by molar-refractivity contribution is -0.134. The molecule has 166 valence electrons. The van der Waals surface area contributed by atoms with E-state index < -0.39 is 29.9 Å². The fraction of sp³-hybridized carbons (Fsp3) is 0.333. The van der Waals surface area contributed by atoms with Gasteiger partial charge in [-0.3, -0.25) is 19.3 Å². The van der Waals surface area contributed by atoms with E-state index in [4.69, 9.17) is 0 Å². The number of nitrogens with one attached hydrogen (secondary N) is 2. The van der Waals surface area contributed by atoms with Crippen LogP contribution < -0.4 is 15.5 Å². The van der Waals surface area contributed by atoms with E-state index in [1.54, 1.807) is 23.1 Å². The molecule has 0 bridgehead atoms. The van der Waals surface area contributed by atoms with Gasteiger partial charge < -0.3 is 15.5 Å². The third-order valence-corrected chi connectivity index (χ3v) is 5.88. The fourth-order valence-corrected chi connectivity index (χ4v) is 4.39. The third-order valence-electron chi connectivity index (χ3n) is 5.88. The van der Waals surface area contributed by atoms with E-state index in [1.807, 2.05) is 43.3 Å². The van der Waals surface area contributed by atoms with Gasteiger partial charge in [-0.25, -0.2) is 4.79 Å². The van der Waals surface area contributed by atoms with Crippen LogP contribution in [0.1, 0.15) is 38.2 Å². The van der Waals surface area contributed by atoms with Crippen LogP contribution in [0.5, 0.6) is 0 Å². The molecule has 32 heavy (non-hydrogen) atoms. The molecule has 2 aliphatic heterocycles. The molecule has 5 amide bonds. The number of anilines is 2. The number of nitrogens with zero attached hydrogens (tertiary/aromatic N) is 2. The maximum absolute atomic E-state index is 13.3. The van der Waals surface area contributed by atoms with Gasteiger partial charge in [-0.05, 0) is 36.6 Å². The van der Waals surface area contributed by atoms with Crippen molar-refractivity contribution in [3.63, 3.8) is 0 Å². The van der Waals surface area contributed by atoms with Crippen molar-refractivity contribution in [2.45, 2.75) is 38.1 Å². The summed E-state index contributed by atoms with van der Waals surface area (Å²) >= 11 is 0. The van der Waals surface area contributed by atoms with Gasteiger partial charge in [0.2, 0.25) is 11.8 Å². The van der Waals surface area contributed by atoms with Gasteiger partial charge in [0, 0.05) is 24.3 Å². The summed E-state index contributed by atoms with van der Waals surface area (Å²) in [5, 5.41) is 5.55. The number of amides is 5. The second kappa shape index (κ2) is 8.82. The zero-order chi connectivity index (χ0) is 22.7. The Bertz CT molecular complexity index is 1050. The number of hydrogen-bond donors (Lipinski definition) is 2. The SMILES string of the molecule is CCCC1(c2ccccc2)NC(=O)N(CC(=O)Nc2cccc(N3CCCC3=O)c2)C1=O. The molecule has 0 radical (unpaired) electrons. The van der Waals surface area contributed by atoms with Crippen LogP contribution in [0.2, 0.25) is 0 Å². The molecule has 2 aromatic carbocycles. The minimum Gasteiger partial charge on any atom is -0.324 e. The van der Waals surface area contributed by atoms with Gasteiger partial charge in [0.25, 0.3) is 5.91 Å². The molecule has 2 N–H and O–H groups in total. The van der Waals surface area contributed by atoms with E-state index in [-0.39, 0.29) is 5.91 Å². The predicted molar refractivity (Wildman–Crippen MR) is 120 cm³/mol. The molecule has 0 saturated carbocycles. The number of imide groups is 1. The molecule has 0 spiro atoms.